The predicted octanol–water partition coefficient (Wildman–Crippen LogP) is 6.13. The van der Waals surface area contributed by atoms with Gasteiger partial charge in [-0.1, -0.05) is 32.9 Å². The van der Waals surface area contributed by atoms with Crippen molar-refractivity contribution in [1.29, 1.82) is 0 Å². The van der Waals surface area contributed by atoms with Crippen molar-refractivity contribution in [2.45, 2.75) is 53.9 Å². The van der Waals surface area contributed by atoms with Gasteiger partial charge in [0.15, 0.2) is 0 Å². The van der Waals surface area contributed by atoms with Crippen LogP contribution < -0.4 is 10.1 Å². The number of carbonyl (C=O) groups excluding carboxylic acids is 2. The summed E-state index contributed by atoms with van der Waals surface area (Å²) in [5.41, 5.74) is 2.67. The van der Waals surface area contributed by atoms with Crippen molar-refractivity contribution >= 4 is 34.3 Å². The van der Waals surface area contributed by atoms with Crippen LogP contribution in [0.2, 0.25) is 0 Å². The Labute approximate surface area is 194 Å². The van der Waals surface area contributed by atoms with Crippen LogP contribution in [0.1, 0.15) is 67.4 Å². The van der Waals surface area contributed by atoms with Crippen LogP contribution in [-0.2, 0) is 22.4 Å². The highest BCUT2D eigenvalue weighted by Gasteiger charge is 2.34. The van der Waals surface area contributed by atoms with E-state index in [0.29, 0.717) is 29.7 Å². The Morgan fingerprint density at radius 2 is 1.88 bits per heavy atom. The van der Waals surface area contributed by atoms with E-state index in [1.165, 1.54) is 22.3 Å². The molecule has 2 aromatic rings. The molecule has 0 aliphatic heterocycles. The zero-order valence-corrected chi connectivity index (χ0v) is 20.4. The Hall–Kier alpha value is -2.60. The number of nitrogens with one attached hydrogen (secondary N) is 1. The molecule has 5 nitrogen and oxygen atoms in total. The fourth-order valence-electron chi connectivity index (χ4n) is 4.00. The molecule has 1 aromatic carbocycles. The maximum absolute atomic E-state index is 12.7. The summed E-state index contributed by atoms with van der Waals surface area (Å²) in [6.07, 6.45) is 6.03. The minimum Gasteiger partial charge on any atom is -0.494 e. The highest BCUT2D eigenvalue weighted by molar-refractivity contribution is 7.17. The van der Waals surface area contributed by atoms with Gasteiger partial charge >= 0.3 is 5.97 Å². The van der Waals surface area contributed by atoms with Crippen molar-refractivity contribution < 1.29 is 19.1 Å². The zero-order valence-electron chi connectivity index (χ0n) is 19.6. The molecule has 0 bridgehead atoms. The first-order valence-corrected chi connectivity index (χ1v) is 12.1. The van der Waals surface area contributed by atoms with Crippen molar-refractivity contribution in [2.75, 3.05) is 18.5 Å². The molecule has 1 N–H and O–H groups in total. The zero-order chi connectivity index (χ0) is 23.3. The summed E-state index contributed by atoms with van der Waals surface area (Å²) < 4.78 is 10.8. The molecule has 0 saturated heterocycles. The lowest BCUT2D eigenvalue weighted by Crippen LogP contribution is -2.26. The molecule has 0 spiro atoms. The van der Waals surface area contributed by atoms with Gasteiger partial charge in [-0.25, -0.2) is 4.79 Å². The number of anilines is 1. The van der Waals surface area contributed by atoms with Gasteiger partial charge in [-0.05, 0) is 73.8 Å². The van der Waals surface area contributed by atoms with E-state index in [1.54, 1.807) is 13.0 Å². The molecule has 0 fully saturated rings. The smallest absolute Gasteiger partial charge is 0.341 e. The van der Waals surface area contributed by atoms with Crippen LogP contribution in [0.3, 0.4) is 0 Å². The first-order valence-electron chi connectivity index (χ1n) is 11.3. The van der Waals surface area contributed by atoms with Crippen molar-refractivity contribution in [3.8, 4) is 5.75 Å². The third kappa shape index (κ3) is 5.80. The monoisotopic (exact) mass is 455 g/mol. The Balaban J connectivity index is 1.79. The van der Waals surface area contributed by atoms with Crippen LogP contribution >= 0.6 is 11.3 Å². The molecular weight excluding hydrogens is 422 g/mol. The van der Waals surface area contributed by atoms with Crippen molar-refractivity contribution in [2.24, 2.45) is 11.3 Å². The molecule has 0 radical (unpaired) electrons. The Kier molecular flexibility index (Phi) is 7.77. The summed E-state index contributed by atoms with van der Waals surface area (Å²) >= 11 is 1.51. The summed E-state index contributed by atoms with van der Waals surface area (Å²) in [5, 5.41) is 3.52. The first kappa shape index (κ1) is 24.1. The Morgan fingerprint density at radius 1 is 1.16 bits per heavy atom. The molecule has 32 heavy (non-hydrogen) atoms. The summed E-state index contributed by atoms with van der Waals surface area (Å²) in [6.45, 7) is 11.4. The molecule has 1 atom stereocenters. The number of fused-ring (bicyclic) bond motifs is 1. The summed E-state index contributed by atoms with van der Waals surface area (Å²) in [6, 6.07) is 7.54. The molecule has 1 unspecified atom stereocenters. The van der Waals surface area contributed by atoms with E-state index in [1.807, 2.05) is 31.2 Å². The van der Waals surface area contributed by atoms with Gasteiger partial charge in [-0.15, -0.1) is 11.3 Å². The molecule has 1 aliphatic rings. The second kappa shape index (κ2) is 10.3. The normalized spacial score (nSPS) is 16.0. The average Bonchev–Trinajstić information content (AvgIpc) is 3.10. The maximum Gasteiger partial charge on any atom is 0.341 e. The van der Waals surface area contributed by atoms with Gasteiger partial charge in [0.2, 0.25) is 5.91 Å². The largest absolute Gasteiger partial charge is 0.494 e. The number of rotatable bonds is 7. The number of carbonyl (C=O) groups is 2. The van der Waals surface area contributed by atoms with Crippen LogP contribution in [0.4, 0.5) is 5.00 Å². The van der Waals surface area contributed by atoms with E-state index < -0.39 is 0 Å². The Morgan fingerprint density at radius 3 is 2.50 bits per heavy atom. The van der Waals surface area contributed by atoms with Crippen LogP contribution in [0, 0.1) is 11.3 Å². The standard InChI is InChI=1S/C26H33NO4S/c1-6-30-19-12-8-17(9-13-19)10-15-22(28)27-24-23(25(29)31-7-2)20-14-11-18(26(3,4)5)16-21(20)32-24/h8-10,12-13,15,18H,6-7,11,14,16H2,1-5H3,(H,27,28). The van der Waals surface area contributed by atoms with Crippen molar-refractivity contribution in [1.82, 2.24) is 0 Å². The van der Waals surface area contributed by atoms with Gasteiger partial charge in [0, 0.05) is 11.0 Å². The molecular formula is C26H33NO4S. The molecule has 1 heterocycles. The van der Waals surface area contributed by atoms with Crippen LogP contribution in [-0.4, -0.2) is 25.1 Å². The lowest BCUT2D eigenvalue weighted by Gasteiger charge is -2.33. The van der Waals surface area contributed by atoms with Gasteiger partial charge in [-0.3, -0.25) is 4.79 Å². The summed E-state index contributed by atoms with van der Waals surface area (Å²) in [5.74, 6) is 0.720. The van der Waals surface area contributed by atoms with E-state index in [9.17, 15) is 9.59 Å². The number of ether oxygens (including phenoxy) is 2. The number of benzene rings is 1. The maximum atomic E-state index is 12.7. The molecule has 172 valence electrons. The molecule has 1 aliphatic carbocycles. The molecule has 1 aromatic heterocycles. The van der Waals surface area contributed by atoms with E-state index in [0.717, 1.165) is 36.1 Å². The SMILES string of the molecule is CCOC(=O)c1c(NC(=O)C=Cc2ccc(OCC)cc2)sc2c1CCC(C(C)(C)C)C2. The average molecular weight is 456 g/mol. The van der Waals surface area contributed by atoms with Crippen LogP contribution in [0.15, 0.2) is 30.3 Å². The first-order chi connectivity index (χ1) is 15.2. The van der Waals surface area contributed by atoms with Crippen molar-refractivity contribution in [3.05, 3.63) is 51.9 Å². The van der Waals surface area contributed by atoms with Crippen LogP contribution in [0.25, 0.3) is 6.08 Å². The van der Waals surface area contributed by atoms with E-state index >= 15 is 0 Å². The van der Waals surface area contributed by atoms with E-state index in [2.05, 4.69) is 26.1 Å². The second-order valence-corrected chi connectivity index (χ2v) is 10.2. The highest BCUT2D eigenvalue weighted by atomic mass is 32.1. The lowest BCUT2D eigenvalue weighted by atomic mass is 9.72. The molecule has 3 rings (SSSR count). The Bertz CT molecular complexity index is 982. The minimum absolute atomic E-state index is 0.204. The number of thiophene rings is 1. The molecule has 6 heteroatoms. The van der Waals surface area contributed by atoms with Gasteiger partial charge < -0.3 is 14.8 Å². The molecule has 1 amide bonds. The number of amides is 1. The van der Waals surface area contributed by atoms with Crippen molar-refractivity contribution in [3.63, 3.8) is 0 Å². The number of hydrogen-bond acceptors (Lipinski definition) is 5. The fraction of sp³-hybridized carbons (Fsp3) is 0.462. The van der Waals surface area contributed by atoms with E-state index in [4.69, 9.17) is 9.47 Å². The third-order valence-corrected chi connectivity index (χ3v) is 6.99. The molecule has 0 saturated carbocycles. The number of hydrogen-bond donors (Lipinski definition) is 1. The van der Waals surface area contributed by atoms with Gasteiger partial charge in [0.05, 0.1) is 18.8 Å². The highest BCUT2D eigenvalue weighted by Crippen LogP contribution is 2.44. The summed E-state index contributed by atoms with van der Waals surface area (Å²) in [7, 11) is 0. The quantitative estimate of drug-likeness (QED) is 0.403. The lowest BCUT2D eigenvalue weighted by molar-refractivity contribution is -0.111. The van der Waals surface area contributed by atoms with Gasteiger partial charge in [0.25, 0.3) is 0 Å². The minimum atomic E-state index is -0.356. The van der Waals surface area contributed by atoms with Crippen LogP contribution in [0.5, 0.6) is 5.75 Å². The predicted molar refractivity (Wildman–Crippen MR) is 131 cm³/mol. The fourth-order valence-corrected chi connectivity index (χ4v) is 5.32. The third-order valence-electron chi connectivity index (χ3n) is 5.82. The van der Waals surface area contributed by atoms with Gasteiger partial charge in [0.1, 0.15) is 10.8 Å². The van der Waals surface area contributed by atoms with E-state index in [-0.39, 0.29) is 17.3 Å². The number of esters is 1. The second-order valence-electron chi connectivity index (χ2n) is 9.06. The topological polar surface area (TPSA) is 64.6 Å². The summed E-state index contributed by atoms with van der Waals surface area (Å²) in [4.78, 5) is 26.6. The van der Waals surface area contributed by atoms with Gasteiger partial charge in [-0.2, -0.15) is 0 Å².